The van der Waals surface area contributed by atoms with Crippen molar-refractivity contribution in [3.63, 3.8) is 0 Å². The lowest BCUT2D eigenvalue weighted by Gasteiger charge is -2.11. The van der Waals surface area contributed by atoms with Crippen molar-refractivity contribution < 1.29 is 4.74 Å². The Morgan fingerprint density at radius 2 is 2.38 bits per heavy atom. The molecule has 5 heteroatoms. The van der Waals surface area contributed by atoms with Crippen LogP contribution in [0.4, 0.5) is 5.82 Å². The molecule has 1 unspecified atom stereocenters. The standard InChI is InChI=1S/C8H14N4O/c1-6(4-9)12-7-3-8(13-2)11-5-10-7/h3,5-6H,4,9H2,1-2H3,(H,10,11,12). The third kappa shape index (κ3) is 2.87. The highest BCUT2D eigenvalue weighted by Crippen LogP contribution is 2.10. The second kappa shape index (κ2) is 4.61. The molecule has 5 nitrogen and oxygen atoms in total. The fraction of sp³-hybridized carbons (Fsp3) is 0.500. The van der Waals surface area contributed by atoms with Crippen LogP contribution in [0.25, 0.3) is 0 Å². The van der Waals surface area contributed by atoms with Gasteiger partial charge in [-0.3, -0.25) is 0 Å². The Labute approximate surface area is 77.3 Å². The smallest absolute Gasteiger partial charge is 0.218 e. The van der Waals surface area contributed by atoms with Crippen molar-refractivity contribution in [3.05, 3.63) is 12.4 Å². The molecule has 0 radical (unpaired) electrons. The second-order valence-electron chi connectivity index (χ2n) is 2.73. The van der Waals surface area contributed by atoms with Crippen LogP contribution >= 0.6 is 0 Å². The normalized spacial score (nSPS) is 12.2. The number of methoxy groups -OCH3 is 1. The summed E-state index contributed by atoms with van der Waals surface area (Å²) in [5.74, 6) is 1.27. The summed E-state index contributed by atoms with van der Waals surface area (Å²) in [6.07, 6.45) is 1.45. The Hall–Kier alpha value is -1.36. The van der Waals surface area contributed by atoms with E-state index in [-0.39, 0.29) is 6.04 Å². The maximum Gasteiger partial charge on any atom is 0.218 e. The van der Waals surface area contributed by atoms with Crippen LogP contribution in [0.2, 0.25) is 0 Å². The minimum atomic E-state index is 0.194. The zero-order valence-electron chi connectivity index (χ0n) is 7.82. The fourth-order valence-electron chi connectivity index (χ4n) is 0.841. The number of hydrogen-bond acceptors (Lipinski definition) is 5. The first-order valence-electron chi connectivity index (χ1n) is 4.09. The van der Waals surface area contributed by atoms with Gasteiger partial charge in [0, 0.05) is 18.7 Å². The molecule has 0 aromatic carbocycles. The quantitative estimate of drug-likeness (QED) is 0.698. The molecular weight excluding hydrogens is 168 g/mol. The predicted octanol–water partition coefficient (Wildman–Crippen LogP) is 0.244. The highest BCUT2D eigenvalue weighted by Gasteiger charge is 2.01. The zero-order chi connectivity index (χ0) is 9.68. The molecule has 0 saturated carbocycles. The molecule has 1 atom stereocenters. The van der Waals surface area contributed by atoms with E-state index in [0.29, 0.717) is 12.4 Å². The summed E-state index contributed by atoms with van der Waals surface area (Å²) < 4.78 is 4.95. The first-order valence-corrected chi connectivity index (χ1v) is 4.09. The summed E-state index contributed by atoms with van der Waals surface area (Å²) in [6.45, 7) is 2.54. The molecule has 0 aliphatic rings. The minimum absolute atomic E-state index is 0.194. The number of hydrogen-bond donors (Lipinski definition) is 2. The number of nitrogens with one attached hydrogen (secondary N) is 1. The molecule has 0 spiro atoms. The van der Waals surface area contributed by atoms with Crippen molar-refractivity contribution >= 4 is 5.82 Å². The second-order valence-corrected chi connectivity index (χ2v) is 2.73. The molecular formula is C8H14N4O. The van der Waals surface area contributed by atoms with E-state index >= 15 is 0 Å². The van der Waals surface area contributed by atoms with E-state index in [9.17, 15) is 0 Å². The van der Waals surface area contributed by atoms with Gasteiger partial charge in [0.2, 0.25) is 5.88 Å². The molecule has 1 aromatic rings. The molecule has 3 N–H and O–H groups in total. The first kappa shape index (κ1) is 9.73. The number of ether oxygens (including phenoxy) is 1. The minimum Gasteiger partial charge on any atom is -0.481 e. The number of nitrogens with zero attached hydrogens (tertiary/aromatic N) is 2. The highest BCUT2D eigenvalue weighted by molar-refractivity contribution is 5.37. The van der Waals surface area contributed by atoms with Gasteiger partial charge in [-0.25, -0.2) is 9.97 Å². The van der Waals surface area contributed by atoms with E-state index in [1.165, 1.54) is 6.33 Å². The van der Waals surface area contributed by atoms with E-state index in [1.54, 1.807) is 13.2 Å². The zero-order valence-corrected chi connectivity index (χ0v) is 7.82. The number of anilines is 1. The first-order chi connectivity index (χ1) is 6.26. The topological polar surface area (TPSA) is 73.1 Å². The van der Waals surface area contributed by atoms with Crippen LogP contribution in [-0.2, 0) is 0 Å². The number of rotatable bonds is 4. The lowest BCUT2D eigenvalue weighted by molar-refractivity contribution is 0.397. The largest absolute Gasteiger partial charge is 0.481 e. The van der Waals surface area contributed by atoms with Gasteiger partial charge in [-0.05, 0) is 6.92 Å². The van der Waals surface area contributed by atoms with Crippen molar-refractivity contribution in [3.8, 4) is 5.88 Å². The van der Waals surface area contributed by atoms with Crippen LogP contribution in [0.1, 0.15) is 6.92 Å². The van der Waals surface area contributed by atoms with Crippen LogP contribution in [0, 0.1) is 0 Å². The molecule has 0 amide bonds. The Morgan fingerprint density at radius 3 is 3.00 bits per heavy atom. The average Bonchev–Trinajstić information content (AvgIpc) is 2.18. The van der Waals surface area contributed by atoms with Gasteiger partial charge in [-0.15, -0.1) is 0 Å². The Kier molecular flexibility index (Phi) is 3.45. The maximum absolute atomic E-state index is 5.45. The number of nitrogens with two attached hydrogens (primary N) is 1. The van der Waals surface area contributed by atoms with Gasteiger partial charge in [0.25, 0.3) is 0 Å². The van der Waals surface area contributed by atoms with Crippen LogP contribution in [-0.4, -0.2) is 29.7 Å². The highest BCUT2D eigenvalue weighted by atomic mass is 16.5. The molecule has 1 aromatic heterocycles. The van der Waals surface area contributed by atoms with Crippen LogP contribution in [0.5, 0.6) is 5.88 Å². The van der Waals surface area contributed by atoms with E-state index in [1.807, 2.05) is 6.92 Å². The Bertz CT molecular complexity index is 266. The van der Waals surface area contributed by atoms with Crippen molar-refractivity contribution in [2.45, 2.75) is 13.0 Å². The van der Waals surface area contributed by atoms with Crippen molar-refractivity contribution in [1.82, 2.24) is 9.97 Å². The summed E-state index contributed by atoms with van der Waals surface area (Å²) in [5.41, 5.74) is 5.45. The van der Waals surface area contributed by atoms with Gasteiger partial charge < -0.3 is 15.8 Å². The number of aromatic nitrogens is 2. The Morgan fingerprint density at radius 1 is 1.62 bits per heavy atom. The van der Waals surface area contributed by atoms with Crippen molar-refractivity contribution in [2.24, 2.45) is 5.73 Å². The van der Waals surface area contributed by atoms with E-state index < -0.39 is 0 Å². The van der Waals surface area contributed by atoms with E-state index in [4.69, 9.17) is 10.5 Å². The molecule has 1 heterocycles. The van der Waals surface area contributed by atoms with Crippen LogP contribution in [0.3, 0.4) is 0 Å². The molecule has 0 fully saturated rings. The summed E-state index contributed by atoms with van der Waals surface area (Å²) in [5, 5.41) is 3.11. The summed E-state index contributed by atoms with van der Waals surface area (Å²) >= 11 is 0. The molecule has 1 rings (SSSR count). The third-order valence-electron chi connectivity index (χ3n) is 1.60. The monoisotopic (exact) mass is 182 g/mol. The summed E-state index contributed by atoms with van der Waals surface area (Å²) in [6, 6.07) is 1.92. The van der Waals surface area contributed by atoms with E-state index in [2.05, 4.69) is 15.3 Å². The van der Waals surface area contributed by atoms with Crippen molar-refractivity contribution in [1.29, 1.82) is 0 Å². The van der Waals surface area contributed by atoms with Gasteiger partial charge in [0.1, 0.15) is 12.1 Å². The van der Waals surface area contributed by atoms with Gasteiger partial charge in [0.05, 0.1) is 7.11 Å². The van der Waals surface area contributed by atoms with Gasteiger partial charge in [0.15, 0.2) is 0 Å². The summed E-state index contributed by atoms with van der Waals surface area (Å²) in [7, 11) is 1.57. The lowest BCUT2D eigenvalue weighted by Crippen LogP contribution is -2.25. The molecule has 0 aliphatic heterocycles. The van der Waals surface area contributed by atoms with Gasteiger partial charge in [-0.1, -0.05) is 0 Å². The fourth-order valence-corrected chi connectivity index (χ4v) is 0.841. The molecule has 0 aliphatic carbocycles. The van der Waals surface area contributed by atoms with E-state index in [0.717, 1.165) is 5.82 Å². The average molecular weight is 182 g/mol. The van der Waals surface area contributed by atoms with Gasteiger partial charge >= 0.3 is 0 Å². The van der Waals surface area contributed by atoms with Crippen LogP contribution in [0.15, 0.2) is 12.4 Å². The lowest BCUT2D eigenvalue weighted by atomic mass is 10.3. The third-order valence-corrected chi connectivity index (χ3v) is 1.60. The van der Waals surface area contributed by atoms with Gasteiger partial charge in [-0.2, -0.15) is 0 Å². The molecule has 0 bridgehead atoms. The molecule has 0 saturated heterocycles. The maximum atomic E-state index is 5.45. The molecule has 13 heavy (non-hydrogen) atoms. The van der Waals surface area contributed by atoms with Crippen molar-refractivity contribution in [2.75, 3.05) is 19.0 Å². The molecule has 72 valence electrons. The predicted molar refractivity (Wildman–Crippen MR) is 50.7 cm³/mol. The summed E-state index contributed by atoms with van der Waals surface area (Å²) in [4.78, 5) is 7.90. The van der Waals surface area contributed by atoms with Crippen LogP contribution < -0.4 is 15.8 Å². The Balaban J connectivity index is 2.66. The SMILES string of the molecule is COc1cc(NC(C)CN)ncn1.